The van der Waals surface area contributed by atoms with Gasteiger partial charge in [-0.05, 0) is 25.7 Å². The molecular formula is C10H14O4. The van der Waals surface area contributed by atoms with E-state index < -0.39 is 11.9 Å². The molecule has 4 heteroatoms. The lowest BCUT2D eigenvalue weighted by Gasteiger charge is -2.06. The Kier molecular flexibility index (Phi) is 6.11. The predicted octanol–water partition coefficient (Wildman–Crippen LogP) is 1.83. The van der Waals surface area contributed by atoms with Crippen LogP contribution >= 0.6 is 0 Å². The molecule has 0 aromatic heterocycles. The Labute approximate surface area is 82.6 Å². The fourth-order valence-electron chi connectivity index (χ4n) is 1.03. The van der Waals surface area contributed by atoms with E-state index >= 15 is 0 Å². The fourth-order valence-corrected chi connectivity index (χ4v) is 1.03. The minimum absolute atomic E-state index is 0.598. The molecule has 0 amide bonds. The first-order valence-corrected chi connectivity index (χ1v) is 4.35. The van der Waals surface area contributed by atoms with Crippen molar-refractivity contribution < 1.29 is 19.8 Å². The zero-order valence-electron chi connectivity index (χ0n) is 7.90. The van der Waals surface area contributed by atoms with E-state index in [4.69, 9.17) is 10.2 Å². The molecule has 78 valence electrons. The van der Waals surface area contributed by atoms with E-state index in [0.717, 1.165) is 31.8 Å². The second-order valence-electron chi connectivity index (χ2n) is 2.82. The van der Waals surface area contributed by atoms with Crippen LogP contribution in [0.2, 0.25) is 0 Å². The third kappa shape index (κ3) is 5.99. The zero-order valence-corrected chi connectivity index (χ0v) is 7.90. The fraction of sp³-hybridized carbons (Fsp3) is 0.400. The lowest BCUT2D eigenvalue weighted by atomic mass is 10.0. The van der Waals surface area contributed by atoms with Gasteiger partial charge in [-0.2, -0.15) is 0 Å². The molecule has 0 aromatic rings. The summed E-state index contributed by atoms with van der Waals surface area (Å²) < 4.78 is 0. The summed E-state index contributed by atoms with van der Waals surface area (Å²) in [6.07, 6.45) is 6.55. The Hall–Kier alpha value is -1.58. The summed E-state index contributed by atoms with van der Waals surface area (Å²) in [6, 6.07) is 0. The van der Waals surface area contributed by atoms with Gasteiger partial charge in [-0.15, -0.1) is 0 Å². The van der Waals surface area contributed by atoms with Gasteiger partial charge in [-0.25, -0.2) is 9.59 Å². The van der Waals surface area contributed by atoms with Crippen molar-refractivity contribution >= 4 is 11.9 Å². The average molecular weight is 198 g/mol. The molecule has 0 saturated carbocycles. The zero-order chi connectivity index (χ0) is 11.0. The summed E-state index contributed by atoms with van der Waals surface area (Å²) in [5.41, 5.74) is 0.598. The van der Waals surface area contributed by atoms with Crippen molar-refractivity contribution in [2.24, 2.45) is 0 Å². The van der Waals surface area contributed by atoms with Crippen LogP contribution in [-0.2, 0) is 9.59 Å². The summed E-state index contributed by atoms with van der Waals surface area (Å²) in [4.78, 5) is 19.5. The van der Waals surface area contributed by atoms with E-state index in [1.54, 1.807) is 0 Å². The summed E-state index contributed by atoms with van der Waals surface area (Å²) in [5, 5.41) is 16.1. The van der Waals surface area contributed by atoms with Gasteiger partial charge in [-0.3, -0.25) is 0 Å². The highest BCUT2D eigenvalue weighted by Crippen LogP contribution is 2.16. The minimum atomic E-state index is -0.981. The Morgan fingerprint density at radius 1 is 1.36 bits per heavy atom. The van der Waals surface area contributed by atoms with Crippen LogP contribution < -0.4 is 0 Å². The van der Waals surface area contributed by atoms with Crippen molar-refractivity contribution in [3.05, 3.63) is 24.3 Å². The van der Waals surface area contributed by atoms with E-state index in [2.05, 4.69) is 6.58 Å². The lowest BCUT2D eigenvalue weighted by Crippen LogP contribution is -2.03. The maximum Gasteiger partial charge on any atom is 0.331 e. The topological polar surface area (TPSA) is 74.6 Å². The molecule has 0 aromatic carbocycles. The summed E-state index contributed by atoms with van der Waals surface area (Å²) in [6.45, 7) is 2.96. The van der Waals surface area contributed by atoms with Crippen LogP contribution in [0.1, 0.15) is 25.7 Å². The van der Waals surface area contributed by atoms with Gasteiger partial charge in [0.2, 0.25) is 0 Å². The predicted molar refractivity (Wildman–Crippen MR) is 52.0 cm³/mol. The van der Waals surface area contributed by atoms with Gasteiger partial charge in [-0.1, -0.05) is 12.7 Å². The number of carboxylic acid groups (broad SMARTS) is 2. The Bertz CT molecular complexity index is 253. The van der Waals surface area contributed by atoms with Crippen LogP contribution in [0.4, 0.5) is 0 Å². The number of hydrogen-bond acceptors (Lipinski definition) is 2. The normalized spacial score (nSPS) is 14.4. The van der Waals surface area contributed by atoms with Crippen molar-refractivity contribution in [3.8, 4) is 0 Å². The standard InChI is InChI=1S/C7H10O2.C3H4O2/c8-7(9)6-4-2-1-3-5-6;1-2-3(4)5/h4H,1-3,5H2,(H,8,9);2H,1H2,(H,4,5). The Balaban J connectivity index is 0.000000292. The third-order valence-corrected chi connectivity index (χ3v) is 1.74. The molecule has 14 heavy (non-hydrogen) atoms. The molecule has 0 saturated heterocycles. The van der Waals surface area contributed by atoms with Crippen LogP contribution in [0.3, 0.4) is 0 Å². The summed E-state index contributed by atoms with van der Waals surface area (Å²) >= 11 is 0. The third-order valence-electron chi connectivity index (χ3n) is 1.74. The number of allylic oxidation sites excluding steroid dienone is 1. The highest BCUT2D eigenvalue weighted by molar-refractivity contribution is 5.86. The molecule has 0 spiro atoms. The van der Waals surface area contributed by atoms with Gasteiger partial charge >= 0.3 is 11.9 Å². The SMILES string of the molecule is C=CC(=O)O.O=C(O)C1=CCCCC1. The van der Waals surface area contributed by atoms with Crippen molar-refractivity contribution in [1.29, 1.82) is 0 Å². The minimum Gasteiger partial charge on any atom is -0.478 e. The lowest BCUT2D eigenvalue weighted by molar-refractivity contribution is -0.133. The first kappa shape index (κ1) is 12.4. The first-order valence-electron chi connectivity index (χ1n) is 4.35. The van der Waals surface area contributed by atoms with Gasteiger partial charge in [0.05, 0.1) is 0 Å². The van der Waals surface area contributed by atoms with Crippen molar-refractivity contribution in [1.82, 2.24) is 0 Å². The van der Waals surface area contributed by atoms with Crippen molar-refractivity contribution in [2.75, 3.05) is 0 Å². The van der Waals surface area contributed by atoms with Crippen molar-refractivity contribution in [2.45, 2.75) is 25.7 Å². The number of rotatable bonds is 2. The molecule has 2 N–H and O–H groups in total. The van der Waals surface area contributed by atoms with Crippen LogP contribution in [-0.4, -0.2) is 22.2 Å². The molecule has 1 aliphatic rings. The molecular weight excluding hydrogens is 184 g/mol. The van der Waals surface area contributed by atoms with Gasteiger partial charge in [0.1, 0.15) is 0 Å². The molecule has 0 aliphatic heterocycles. The quantitative estimate of drug-likeness (QED) is 0.664. The Morgan fingerprint density at radius 2 is 1.93 bits per heavy atom. The van der Waals surface area contributed by atoms with Crippen LogP contribution in [0.5, 0.6) is 0 Å². The smallest absolute Gasteiger partial charge is 0.331 e. The van der Waals surface area contributed by atoms with E-state index in [-0.39, 0.29) is 0 Å². The molecule has 0 fully saturated rings. The van der Waals surface area contributed by atoms with Crippen LogP contribution in [0.15, 0.2) is 24.3 Å². The molecule has 0 bridgehead atoms. The van der Waals surface area contributed by atoms with E-state index in [9.17, 15) is 9.59 Å². The van der Waals surface area contributed by atoms with Crippen LogP contribution in [0.25, 0.3) is 0 Å². The molecule has 1 rings (SSSR count). The monoisotopic (exact) mass is 198 g/mol. The molecule has 0 heterocycles. The summed E-state index contributed by atoms with van der Waals surface area (Å²) in [5.74, 6) is -1.72. The van der Waals surface area contributed by atoms with E-state index in [1.807, 2.05) is 6.08 Å². The maximum absolute atomic E-state index is 10.3. The molecule has 0 radical (unpaired) electrons. The molecule has 0 atom stereocenters. The number of carbonyl (C=O) groups is 2. The summed E-state index contributed by atoms with van der Waals surface area (Å²) in [7, 11) is 0. The number of carboxylic acids is 2. The highest BCUT2D eigenvalue weighted by atomic mass is 16.4. The molecule has 1 aliphatic carbocycles. The van der Waals surface area contributed by atoms with Gasteiger partial charge in [0.25, 0.3) is 0 Å². The second kappa shape index (κ2) is 6.88. The average Bonchev–Trinajstić information content (AvgIpc) is 2.20. The maximum atomic E-state index is 10.3. The van der Waals surface area contributed by atoms with Gasteiger partial charge in [0, 0.05) is 11.6 Å². The number of hydrogen-bond donors (Lipinski definition) is 2. The highest BCUT2D eigenvalue weighted by Gasteiger charge is 2.08. The Morgan fingerprint density at radius 3 is 2.14 bits per heavy atom. The molecule has 4 nitrogen and oxygen atoms in total. The second-order valence-corrected chi connectivity index (χ2v) is 2.82. The van der Waals surface area contributed by atoms with Crippen LogP contribution in [0, 0.1) is 0 Å². The van der Waals surface area contributed by atoms with E-state index in [1.165, 1.54) is 0 Å². The van der Waals surface area contributed by atoms with Crippen molar-refractivity contribution in [3.63, 3.8) is 0 Å². The first-order chi connectivity index (χ1) is 6.57. The van der Waals surface area contributed by atoms with Gasteiger partial charge < -0.3 is 10.2 Å². The molecule has 0 unspecified atom stereocenters. The number of aliphatic carboxylic acids is 2. The van der Waals surface area contributed by atoms with E-state index in [0.29, 0.717) is 5.57 Å². The largest absolute Gasteiger partial charge is 0.478 e. The van der Waals surface area contributed by atoms with Gasteiger partial charge in [0.15, 0.2) is 0 Å².